The Morgan fingerprint density at radius 1 is 1.50 bits per heavy atom. The van der Waals surface area contributed by atoms with E-state index in [-0.39, 0.29) is 0 Å². The van der Waals surface area contributed by atoms with Crippen LogP contribution in [0.25, 0.3) is 5.32 Å². The third-order valence-electron chi connectivity index (χ3n) is 0.774. The first-order valence-corrected chi connectivity index (χ1v) is 2.99. The van der Waals surface area contributed by atoms with Gasteiger partial charge in [0.2, 0.25) is 0 Å². The first-order chi connectivity index (χ1) is 3.81. The van der Waals surface area contributed by atoms with Crippen LogP contribution in [0.5, 0.6) is 0 Å². The Bertz CT molecular complexity index is 76.6. The van der Waals surface area contributed by atoms with Crippen molar-refractivity contribution in [3.8, 4) is 0 Å². The molecule has 48 valence electrons. The molecule has 0 aliphatic carbocycles. The molecule has 0 aromatic heterocycles. The van der Waals surface area contributed by atoms with Gasteiger partial charge in [0.25, 0.3) is 0 Å². The standard InChI is InChI=1S/C6H13N2/c1-4-7-6(3)8-5-2/h4-5H2,1-3H3/q-1. The van der Waals surface area contributed by atoms with Crippen LogP contribution >= 0.6 is 0 Å². The van der Waals surface area contributed by atoms with Crippen molar-refractivity contribution in [2.24, 2.45) is 4.99 Å². The van der Waals surface area contributed by atoms with E-state index in [0.29, 0.717) is 0 Å². The van der Waals surface area contributed by atoms with Crippen LogP contribution in [0.4, 0.5) is 0 Å². The first kappa shape index (κ1) is 7.47. The Morgan fingerprint density at radius 2 is 2.12 bits per heavy atom. The summed E-state index contributed by atoms with van der Waals surface area (Å²) in [5.41, 5.74) is 0. The van der Waals surface area contributed by atoms with Gasteiger partial charge in [0.1, 0.15) is 0 Å². The van der Waals surface area contributed by atoms with Crippen LogP contribution in [0, 0.1) is 0 Å². The molecule has 0 bridgehead atoms. The molecule has 0 spiro atoms. The van der Waals surface area contributed by atoms with E-state index in [1.54, 1.807) is 0 Å². The molecule has 0 unspecified atom stereocenters. The minimum Gasteiger partial charge on any atom is -0.470 e. The molecule has 0 aliphatic rings. The van der Waals surface area contributed by atoms with Gasteiger partial charge in [-0.2, -0.15) is 0 Å². The Hall–Kier alpha value is -0.530. The van der Waals surface area contributed by atoms with E-state index in [4.69, 9.17) is 0 Å². The van der Waals surface area contributed by atoms with Gasteiger partial charge in [-0.05, 0) is 6.92 Å². The molecule has 0 saturated carbocycles. The van der Waals surface area contributed by atoms with Crippen molar-refractivity contribution in [2.75, 3.05) is 13.1 Å². The maximum Gasteiger partial charge on any atom is -0.0482 e. The van der Waals surface area contributed by atoms with Crippen molar-refractivity contribution < 1.29 is 0 Å². The molecule has 0 fully saturated rings. The van der Waals surface area contributed by atoms with E-state index < -0.39 is 0 Å². The largest absolute Gasteiger partial charge is 0.470 e. The normalized spacial score (nSPS) is 11.6. The van der Waals surface area contributed by atoms with E-state index in [0.717, 1.165) is 18.9 Å². The average Bonchev–Trinajstić information content (AvgIpc) is 1.68. The quantitative estimate of drug-likeness (QED) is 0.386. The molecule has 0 amide bonds. The fourth-order valence-electron chi connectivity index (χ4n) is 0.508. The number of hydrogen-bond acceptors (Lipinski definition) is 1. The fraction of sp³-hybridized carbons (Fsp3) is 0.833. The fourth-order valence-corrected chi connectivity index (χ4v) is 0.508. The van der Waals surface area contributed by atoms with E-state index in [1.165, 1.54) is 0 Å². The molecule has 0 aromatic carbocycles. The zero-order valence-corrected chi connectivity index (χ0v) is 5.81. The summed E-state index contributed by atoms with van der Waals surface area (Å²) in [6.07, 6.45) is 0. The summed E-state index contributed by atoms with van der Waals surface area (Å²) in [7, 11) is 0. The van der Waals surface area contributed by atoms with Crippen LogP contribution < -0.4 is 0 Å². The van der Waals surface area contributed by atoms with Crippen molar-refractivity contribution in [3.05, 3.63) is 5.32 Å². The number of hydrogen-bond donors (Lipinski definition) is 0. The van der Waals surface area contributed by atoms with Crippen LogP contribution in [0.2, 0.25) is 0 Å². The van der Waals surface area contributed by atoms with Crippen molar-refractivity contribution in [3.63, 3.8) is 0 Å². The van der Waals surface area contributed by atoms with Crippen LogP contribution in [-0.2, 0) is 0 Å². The van der Waals surface area contributed by atoms with Gasteiger partial charge in [-0.1, -0.05) is 32.8 Å². The summed E-state index contributed by atoms with van der Waals surface area (Å²) in [5, 5.41) is 4.06. The van der Waals surface area contributed by atoms with Crippen LogP contribution in [0.3, 0.4) is 0 Å². The van der Waals surface area contributed by atoms with Gasteiger partial charge in [0.05, 0.1) is 0 Å². The predicted octanol–water partition coefficient (Wildman–Crippen LogP) is 1.82. The zero-order chi connectivity index (χ0) is 6.41. The summed E-state index contributed by atoms with van der Waals surface area (Å²) < 4.78 is 0. The highest BCUT2D eigenvalue weighted by atomic mass is 15.0. The summed E-state index contributed by atoms with van der Waals surface area (Å²) in [5.74, 6) is 0.912. The summed E-state index contributed by atoms with van der Waals surface area (Å²) in [4.78, 5) is 4.06. The van der Waals surface area contributed by atoms with Crippen LogP contribution in [0.1, 0.15) is 20.8 Å². The highest BCUT2D eigenvalue weighted by Gasteiger charge is 1.67. The van der Waals surface area contributed by atoms with Crippen LogP contribution in [-0.4, -0.2) is 18.9 Å². The van der Waals surface area contributed by atoms with Gasteiger partial charge in [-0.25, -0.2) is 0 Å². The molecule has 0 saturated heterocycles. The maximum absolute atomic E-state index is 4.06. The SMILES string of the molecule is CCN=C(C)[N-]CC. The molecule has 0 N–H and O–H groups in total. The second kappa shape index (κ2) is 4.62. The summed E-state index contributed by atoms with van der Waals surface area (Å²) >= 11 is 0. The number of amidine groups is 1. The molecule has 0 aliphatic heterocycles. The minimum atomic E-state index is 0.843. The van der Waals surface area contributed by atoms with E-state index >= 15 is 0 Å². The molecule has 0 rings (SSSR count). The van der Waals surface area contributed by atoms with Crippen LogP contribution in [0.15, 0.2) is 4.99 Å². The Kier molecular flexibility index (Phi) is 4.32. The van der Waals surface area contributed by atoms with Gasteiger partial charge >= 0.3 is 0 Å². The maximum atomic E-state index is 4.06. The van der Waals surface area contributed by atoms with Gasteiger partial charge in [-0.15, -0.1) is 0 Å². The lowest BCUT2D eigenvalue weighted by Crippen LogP contribution is -1.90. The lowest BCUT2D eigenvalue weighted by molar-refractivity contribution is 1.12. The molecule has 2 heteroatoms. The molecule has 0 atom stereocenters. The molecular formula is C6H13N2-. The van der Waals surface area contributed by atoms with Gasteiger partial charge < -0.3 is 10.3 Å². The molecular weight excluding hydrogens is 100 g/mol. The minimum absolute atomic E-state index is 0.843. The average molecular weight is 113 g/mol. The van der Waals surface area contributed by atoms with E-state index in [9.17, 15) is 0 Å². The molecule has 0 aromatic rings. The zero-order valence-electron chi connectivity index (χ0n) is 5.81. The third kappa shape index (κ3) is 3.65. The lowest BCUT2D eigenvalue weighted by atomic mass is 10.6. The molecule has 2 nitrogen and oxygen atoms in total. The molecule has 0 radical (unpaired) electrons. The first-order valence-electron chi connectivity index (χ1n) is 2.99. The van der Waals surface area contributed by atoms with Gasteiger partial charge in [0, 0.05) is 0 Å². The topological polar surface area (TPSA) is 26.5 Å². The summed E-state index contributed by atoms with van der Waals surface area (Å²) in [6.45, 7) is 7.63. The second-order valence-corrected chi connectivity index (χ2v) is 1.50. The second-order valence-electron chi connectivity index (χ2n) is 1.50. The van der Waals surface area contributed by atoms with Gasteiger partial charge in [0.15, 0.2) is 0 Å². The lowest BCUT2D eigenvalue weighted by Gasteiger charge is -2.10. The van der Waals surface area contributed by atoms with Crippen molar-refractivity contribution in [2.45, 2.75) is 20.8 Å². The number of nitrogens with zero attached hydrogens (tertiary/aromatic N) is 2. The van der Waals surface area contributed by atoms with E-state index in [1.807, 2.05) is 20.8 Å². The monoisotopic (exact) mass is 113 g/mol. The third-order valence-corrected chi connectivity index (χ3v) is 0.774. The highest BCUT2D eigenvalue weighted by molar-refractivity contribution is 5.91. The predicted molar refractivity (Wildman–Crippen MR) is 37.5 cm³/mol. The summed E-state index contributed by atoms with van der Waals surface area (Å²) in [6, 6.07) is 0. The molecule has 0 heterocycles. The number of aliphatic imine (C=N–C) groups is 1. The van der Waals surface area contributed by atoms with E-state index in [2.05, 4.69) is 10.3 Å². The number of rotatable bonds is 2. The molecule has 8 heavy (non-hydrogen) atoms. The Labute approximate surface area is 51.0 Å². The smallest absolute Gasteiger partial charge is 0.0482 e. The van der Waals surface area contributed by atoms with Gasteiger partial charge in [-0.3, -0.25) is 0 Å². The highest BCUT2D eigenvalue weighted by Crippen LogP contribution is 1.88. The Balaban J connectivity index is 3.29. The van der Waals surface area contributed by atoms with Crippen molar-refractivity contribution >= 4 is 5.84 Å². The van der Waals surface area contributed by atoms with Crippen molar-refractivity contribution in [1.82, 2.24) is 0 Å². The van der Waals surface area contributed by atoms with Crippen molar-refractivity contribution in [1.29, 1.82) is 0 Å². The Morgan fingerprint density at radius 3 is 2.50 bits per heavy atom.